The maximum Gasteiger partial charge on any atom is 0.300 e. The van der Waals surface area contributed by atoms with Crippen LogP contribution in [0.4, 0.5) is 5.69 Å². The highest BCUT2D eigenvalue weighted by atomic mass is 16.3. The number of Topliss-reactive ketones (excluding diaryl/α,β-unsaturated/α-hetero) is 1. The van der Waals surface area contributed by atoms with Crippen LogP contribution in [0.2, 0.25) is 0 Å². The summed E-state index contributed by atoms with van der Waals surface area (Å²) in [5.74, 6) is -0.569. The number of rotatable bonds is 3. The predicted molar refractivity (Wildman–Crippen MR) is 128 cm³/mol. The Morgan fingerprint density at radius 2 is 1.55 bits per heavy atom. The topological polar surface area (TPSA) is 70.8 Å². The molecule has 4 aromatic rings. The van der Waals surface area contributed by atoms with Crippen molar-refractivity contribution in [3.8, 4) is 0 Å². The van der Waals surface area contributed by atoms with Crippen LogP contribution in [-0.4, -0.2) is 16.8 Å². The van der Waals surface area contributed by atoms with Crippen LogP contribution in [0.15, 0.2) is 82.8 Å². The van der Waals surface area contributed by atoms with E-state index in [1.54, 1.807) is 25.1 Å². The Morgan fingerprint density at radius 3 is 2.21 bits per heavy atom. The summed E-state index contributed by atoms with van der Waals surface area (Å²) in [7, 11) is 0. The summed E-state index contributed by atoms with van der Waals surface area (Å²) in [5.41, 5.74) is 3.02. The maximum absolute atomic E-state index is 13.3. The Balaban J connectivity index is 1.73. The van der Waals surface area contributed by atoms with Crippen molar-refractivity contribution in [2.24, 2.45) is 0 Å². The Bertz CT molecular complexity index is 1440. The van der Waals surface area contributed by atoms with Crippen LogP contribution in [0.25, 0.3) is 16.5 Å². The van der Waals surface area contributed by atoms with Crippen LogP contribution in [-0.2, 0) is 9.59 Å². The zero-order valence-electron chi connectivity index (χ0n) is 18.6. The number of aliphatic hydroxyl groups is 1. The molecule has 1 atom stereocenters. The normalized spacial score (nSPS) is 17.8. The van der Waals surface area contributed by atoms with Gasteiger partial charge in [-0.15, -0.1) is 0 Å². The molecule has 1 fully saturated rings. The van der Waals surface area contributed by atoms with Crippen molar-refractivity contribution in [1.29, 1.82) is 0 Å². The lowest BCUT2D eigenvalue weighted by Gasteiger charge is -2.24. The third-order valence-corrected chi connectivity index (χ3v) is 5.98. The number of aliphatic hydroxyl groups excluding tert-OH is 1. The zero-order valence-corrected chi connectivity index (χ0v) is 18.6. The summed E-state index contributed by atoms with van der Waals surface area (Å²) in [6.07, 6.45) is 0. The van der Waals surface area contributed by atoms with Gasteiger partial charge >= 0.3 is 0 Å². The van der Waals surface area contributed by atoms with Gasteiger partial charge in [0.2, 0.25) is 0 Å². The summed E-state index contributed by atoms with van der Waals surface area (Å²) in [5, 5.41) is 13.3. The first-order valence-corrected chi connectivity index (χ1v) is 10.8. The Kier molecular flexibility index (Phi) is 4.90. The van der Waals surface area contributed by atoms with Crippen LogP contribution in [0.1, 0.15) is 34.3 Å². The van der Waals surface area contributed by atoms with E-state index in [4.69, 9.17) is 4.42 Å². The molecule has 1 unspecified atom stereocenters. The number of carbonyl (C=O) groups is 2. The van der Waals surface area contributed by atoms with Crippen molar-refractivity contribution in [3.63, 3.8) is 0 Å². The number of amides is 1. The molecule has 0 aliphatic carbocycles. The molecule has 1 N–H and O–H groups in total. The second-order valence-electron chi connectivity index (χ2n) is 8.53. The molecule has 3 aromatic carbocycles. The summed E-state index contributed by atoms with van der Waals surface area (Å²) in [4.78, 5) is 28.0. The summed E-state index contributed by atoms with van der Waals surface area (Å²) in [6.45, 7) is 5.68. The van der Waals surface area contributed by atoms with Gasteiger partial charge in [-0.3, -0.25) is 14.5 Å². The van der Waals surface area contributed by atoms with E-state index in [1.807, 2.05) is 68.4 Å². The third kappa shape index (κ3) is 3.52. The number of ketones is 1. The SMILES string of the molecule is Cc1cc(C)cc(N2C(=O)C(=O)/C(=C(\O)c3ccc4ccccc4c3)C2c2ccc(C)o2)c1. The molecule has 1 saturated heterocycles. The Labute approximate surface area is 191 Å². The standard InChI is InChI=1S/C28H23NO4/c1-16-12-17(2)14-22(13-16)29-25(23-11-8-18(3)33-23)24(27(31)28(29)32)26(30)21-10-9-19-6-4-5-7-20(19)15-21/h4-15,25,30H,1-3H3/b26-24-. The molecular weight excluding hydrogens is 414 g/mol. The number of benzene rings is 3. The first-order valence-electron chi connectivity index (χ1n) is 10.8. The van der Waals surface area contributed by atoms with E-state index in [0.717, 1.165) is 21.9 Å². The summed E-state index contributed by atoms with van der Waals surface area (Å²) >= 11 is 0. The van der Waals surface area contributed by atoms with Gasteiger partial charge in [0.25, 0.3) is 11.7 Å². The average Bonchev–Trinajstić information content (AvgIpc) is 3.33. The molecule has 1 aliphatic rings. The van der Waals surface area contributed by atoms with Gasteiger partial charge in [-0.05, 0) is 73.0 Å². The van der Waals surface area contributed by atoms with Gasteiger partial charge in [-0.1, -0.05) is 42.5 Å². The minimum Gasteiger partial charge on any atom is -0.507 e. The maximum atomic E-state index is 13.3. The number of nitrogens with zero attached hydrogens (tertiary/aromatic N) is 1. The van der Waals surface area contributed by atoms with Crippen molar-refractivity contribution >= 4 is 33.9 Å². The van der Waals surface area contributed by atoms with E-state index in [2.05, 4.69) is 0 Å². The molecule has 1 aromatic heterocycles. The molecule has 5 heteroatoms. The van der Waals surface area contributed by atoms with Crippen LogP contribution < -0.4 is 4.90 Å². The van der Waals surface area contributed by atoms with Crippen LogP contribution in [0, 0.1) is 20.8 Å². The highest BCUT2D eigenvalue weighted by Crippen LogP contribution is 2.43. The number of carbonyl (C=O) groups excluding carboxylic acids is 2. The summed E-state index contributed by atoms with van der Waals surface area (Å²) in [6, 6.07) is 21.6. The molecule has 0 radical (unpaired) electrons. The molecule has 5 nitrogen and oxygen atoms in total. The van der Waals surface area contributed by atoms with Gasteiger partial charge in [0.15, 0.2) is 0 Å². The van der Waals surface area contributed by atoms with Crippen molar-refractivity contribution in [1.82, 2.24) is 0 Å². The molecule has 0 saturated carbocycles. The van der Waals surface area contributed by atoms with Crippen molar-refractivity contribution in [3.05, 3.63) is 107 Å². The second kappa shape index (κ2) is 7.78. The Hall–Kier alpha value is -4.12. The molecule has 1 amide bonds. The number of aryl methyl sites for hydroxylation is 3. The fraction of sp³-hybridized carbons (Fsp3) is 0.143. The van der Waals surface area contributed by atoms with E-state index >= 15 is 0 Å². The van der Waals surface area contributed by atoms with E-state index in [0.29, 0.717) is 22.8 Å². The first kappa shape index (κ1) is 20.8. The monoisotopic (exact) mass is 437 g/mol. The largest absolute Gasteiger partial charge is 0.507 e. The van der Waals surface area contributed by atoms with Crippen molar-refractivity contribution in [2.75, 3.05) is 4.90 Å². The number of anilines is 1. The van der Waals surface area contributed by atoms with Crippen molar-refractivity contribution < 1.29 is 19.1 Å². The zero-order chi connectivity index (χ0) is 23.3. The number of hydrogen-bond acceptors (Lipinski definition) is 4. The molecule has 1 aliphatic heterocycles. The van der Waals surface area contributed by atoms with E-state index in [1.165, 1.54) is 4.90 Å². The van der Waals surface area contributed by atoms with E-state index in [-0.39, 0.29) is 11.3 Å². The molecule has 33 heavy (non-hydrogen) atoms. The van der Waals surface area contributed by atoms with E-state index < -0.39 is 17.7 Å². The van der Waals surface area contributed by atoms with Crippen LogP contribution in [0.3, 0.4) is 0 Å². The third-order valence-electron chi connectivity index (χ3n) is 5.98. The second-order valence-corrected chi connectivity index (χ2v) is 8.53. The van der Waals surface area contributed by atoms with Crippen LogP contribution in [0.5, 0.6) is 0 Å². The minimum atomic E-state index is -0.869. The van der Waals surface area contributed by atoms with Gasteiger partial charge in [-0.25, -0.2) is 0 Å². The number of furan rings is 1. The highest BCUT2D eigenvalue weighted by molar-refractivity contribution is 6.51. The van der Waals surface area contributed by atoms with Crippen molar-refractivity contribution in [2.45, 2.75) is 26.8 Å². The highest BCUT2D eigenvalue weighted by Gasteiger charge is 2.48. The fourth-order valence-electron chi connectivity index (χ4n) is 4.55. The molecule has 0 bridgehead atoms. The lowest BCUT2D eigenvalue weighted by Crippen LogP contribution is -2.29. The number of hydrogen-bond donors (Lipinski definition) is 1. The van der Waals surface area contributed by atoms with Gasteiger partial charge in [0.1, 0.15) is 23.3 Å². The number of fused-ring (bicyclic) bond motifs is 1. The average molecular weight is 437 g/mol. The molecule has 2 heterocycles. The smallest absolute Gasteiger partial charge is 0.300 e. The van der Waals surface area contributed by atoms with Gasteiger partial charge in [-0.2, -0.15) is 0 Å². The van der Waals surface area contributed by atoms with Gasteiger partial charge < -0.3 is 9.52 Å². The minimum absolute atomic E-state index is 0.0174. The van der Waals surface area contributed by atoms with Crippen LogP contribution >= 0.6 is 0 Å². The van der Waals surface area contributed by atoms with Gasteiger partial charge in [0, 0.05) is 11.3 Å². The fourth-order valence-corrected chi connectivity index (χ4v) is 4.55. The quantitative estimate of drug-likeness (QED) is 0.243. The van der Waals surface area contributed by atoms with Gasteiger partial charge in [0.05, 0.1) is 5.57 Å². The molecule has 0 spiro atoms. The molecule has 5 rings (SSSR count). The lowest BCUT2D eigenvalue weighted by atomic mass is 9.97. The first-order chi connectivity index (χ1) is 15.8. The molecule has 164 valence electrons. The Morgan fingerprint density at radius 1 is 0.848 bits per heavy atom. The molecular formula is C28H23NO4. The summed E-state index contributed by atoms with van der Waals surface area (Å²) < 4.78 is 5.87. The van der Waals surface area contributed by atoms with E-state index in [9.17, 15) is 14.7 Å². The predicted octanol–water partition coefficient (Wildman–Crippen LogP) is 5.98. The lowest BCUT2D eigenvalue weighted by molar-refractivity contribution is -0.132.